The number of nitrogens with zero attached hydrogens (tertiary/aromatic N) is 3. The van der Waals surface area contributed by atoms with Crippen LogP contribution in [0.25, 0.3) is 11.0 Å². The van der Waals surface area contributed by atoms with Crippen LogP contribution in [0.3, 0.4) is 0 Å². The summed E-state index contributed by atoms with van der Waals surface area (Å²) < 4.78 is 36.7. The molecule has 1 aromatic heterocycles. The van der Waals surface area contributed by atoms with Crippen LogP contribution in [0.2, 0.25) is 0 Å². The minimum Gasteiger partial charge on any atom is -0.483 e. The highest BCUT2D eigenvalue weighted by Gasteiger charge is 2.31. The van der Waals surface area contributed by atoms with Crippen molar-refractivity contribution in [2.45, 2.75) is 51.2 Å². The van der Waals surface area contributed by atoms with Gasteiger partial charge in [0.15, 0.2) is 6.61 Å². The Hall–Kier alpha value is -3.73. The van der Waals surface area contributed by atoms with Gasteiger partial charge in [0.05, 0.1) is 34.4 Å². The van der Waals surface area contributed by atoms with E-state index in [9.17, 15) is 18.3 Å². The van der Waals surface area contributed by atoms with Crippen molar-refractivity contribution in [2.75, 3.05) is 19.7 Å². The third kappa shape index (κ3) is 7.56. The van der Waals surface area contributed by atoms with Crippen molar-refractivity contribution in [1.82, 2.24) is 19.2 Å². The molecule has 42 heavy (non-hydrogen) atoms. The predicted molar refractivity (Wildman–Crippen MR) is 164 cm³/mol. The average molecular weight is 593 g/mol. The van der Waals surface area contributed by atoms with Gasteiger partial charge in [-0.15, -0.1) is 0 Å². The van der Waals surface area contributed by atoms with E-state index in [0.717, 1.165) is 16.7 Å². The van der Waals surface area contributed by atoms with Gasteiger partial charge in [-0.3, -0.25) is 4.79 Å². The highest BCUT2D eigenvalue weighted by Crippen LogP contribution is 2.24. The molecule has 2 atom stereocenters. The lowest BCUT2D eigenvalue weighted by Crippen LogP contribution is -2.52. The monoisotopic (exact) mass is 592 g/mol. The first-order chi connectivity index (χ1) is 20.0. The zero-order valence-corrected chi connectivity index (χ0v) is 25.6. The van der Waals surface area contributed by atoms with Crippen LogP contribution in [0.5, 0.6) is 5.75 Å². The Balaban J connectivity index is 1.56. The summed E-state index contributed by atoms with van der Waals surface area (Å²) in [6, 6.07) is 19.3. The number of hydrogen-bond acceptors (Lipinski definition) is 6. The standard InChI is InChI=1S/C32H40N4O5S/c1-22(2)18-36(42(39,40)26-14-15-27-29(17-26)35(5)21-33-27)19-30(37)28(16-25-12-7-6-8-13-25)34-31(38)20-41-32-23(3)10-9-11-24(32)4/h6-15,17,21-22,28,30,37H,16,18-20H2,1-5H3,(H,34,38)/t28-,30+/m0/s1. The summed E-state index contributed by atoms with van der Waals surface area (Å²) in [6.07, 6.45) is 0.758. The largest absolute Gasteiger partial charge is 0.483 e. The normalized spacial score (nSPS) is 13.4. The predicted octanol–water partition coefficient (Wildman–Crippen LogP) is 4.00. The number of hydrogen-bond donors (Lipinski definition) is 2. The van der Waals surface area contributed by atoms with Gasteiger partial charge < -0.3 is 19.7 Å². The summed E-state index contributed by atoms with van der Waals surface area (Å²) in [5, 5.41) is 14.4. The molecule has 0 aliphatic carbocycles. The molecule has 1 heterocycles. The molecule has 10 heteroatoms. The number of sulfonamides is 1. The number of aliphatic hydroxyl groups is 1. The van der Waals surface area contributed by atoms with Crippen molar-refractivity contribution in [3.63, 3.8) is 0 Å². The summed E-state index contributed by atoms with van der Waals surface area (Å²) in [4.78, 5) is 17.5. The van der Waals surface area contributed by atoms with E-state index >= 15 is 0 Å². The molecule has 3 aromatic carbocycles. The van der Waals surface area contributed by atoms with Crippen LogP contribution in [-0.2, 0) is 28.3 Å². The number of carbonyl (C=O) groups excluding carboxylic acids is 1. The second-order valence-electron chi connectivity index (χ2n) is 11.2. The number of ether oxygens (including phenoxy) is 1. The maximum atomic E-state index is 13.9. The molecule has 2 N–H and O–H groups in total. The van der Waals surface area contributed by atoms with Crippen molar-refractivity contribution >= 4 is 27.0 Å². The third-order valence-electron chi connectivity index (χ3n) is 7.16. The highest BCUT2D eigenvalue weighted by atomic mass is 32.2. The number of rotatable bonds is 13. The number of benzene rings is 3. The van der Waals surface area contributed by atoms with Crippen molar-refractivity contribution in [1.29, 1.82) is 0 Å². The lowest BCUT2D eigenvalue weighted by atomic mass is 10.0. The molecule has 4 aromatic rings. The maximum Gasteiger partial charge on any atom is 0.258 e. The van der Waals surface area contributed by atoms with Gasteiger partial charge in [-0.05, 0) is 61.1 Å². The SMILES string of the molecule is Cc1cccc(C)c1OCC(=O)N[C@@H](Cc1ccccc1)[C@H](O)CN(CC(C)C)S(=O)(=O)c1ccc2ncn(C)c2c1. The van der Waals surface area contributed by atoms with Gasteiger partial charge in [-0.1, -0.05) is 62.4 Å². The van der Waals surface area contributed by atoms with Gasteiger partial charge in [0.2, 0.25) is 10.0 Å². The fraction of sp³-hybridized carbons (Fsp3) is 0.375. The third-order valence-corrected chi connectivity index (χ3v) is 8.99. The van der Waals surface area contributed by atoms with E-state index in [1.165, 1.54) is 4.31 Å². The molecule has 0 unspecified atom stereocenters. The average Bonchev–Trinajstić information content (AvgIpc) is 3.32. The molecule has 0 fully saturated rings. The summed E-state index contributed by atoms with van der Waals surface area (Å²) >= 11 is 0. The number of aryl methyl sites for hydroxylation is 3. The Morgan fingerprint density at radius 1 is 1.02 bits per heavy atom. The topological polar surface area (TPSA) is 114 Å². The van der Waals surface area contributed by atoms with E-state index in [0.29, 0.717) is 23.2 Å². The molecule has 0 saturated heterocycles. The van der Waals surface area contributed by atoms with E-state index in [1.54, 1.807) is 29.1 Å². The first-order valence-electron chi connectivity index (χ1n) is 14.1. The molecule has 0 aliphatic heterocycles. The molecular weight excluding hydrogens is 552 g/mol. The second-order valence-corrected chi connectivity index (χ2v) is 13.1. The smallest absolute Gasteiger partial charge is 0.258 e. The van der Waals surface area contributed by atoms with Gasteiger partial charge in [0.25, 0.3) is 5.91 Å². The molecule has 0 spiro atoms. The maximum absolute atomic E-state index is 13.9. The second kappa shape index (κ2) is 13.5. The van der Waals surface area contributed by atoms with Gasteiger partial charge in [0.1, 0.15) is 5.75 Å². The van der Waals surface area contributed by atoms with Gasteiger partial charge in [0, 0.05) is 20.1 Å². The number of nitrogens with one attached hydrogen (secondary N) is 1. The van der Waals surface area contributed by atoms with E-state index in [1.807, 2.05) is 83.3 Å². The summed E-state index contributed by atoms with van der Waals surface area (Å²) in [5.74, 6) is 0.241. The molecule has 0 bridgehead atoms. The Bertz CT molecular complexity index is 1600. The van der Waals surface area contributed by atoms with Crippen LogP contribution >= 0.6 is 0 Å². The number of aromatic nitrogens is 2. The minimum absolute atomic E-state index is 0.000301. The first-order valence-corrected chi connectivity index (χ1v) is 15.5. The molecular formula is C32H40N4O5S. The Kier molecular flexibility index (Phi) is 10.0. The van der Waals surface area contributed by atoms with Crippen molar-refractivity contribution in [2.24, 2.45) is 13.0 Å². The fourth-order valence-corrected chi connectivity index (χ4v) is 6.64. The van der Waals surface area contributed by atoms with Crippen molar-refractivity contribution < 1.29 is 23.1 Å². The molecule has 224 valence electrons. The number of fused-ring (bicyclic) bond motifs is 1. The Labute approximate surface area is 248 Å². The van der Waals surface area contributed by atoms with Crippen LogP contribution in [0.4, 0.5) is 0 Å². The molecule has 0 radical (unpaired) electrons. The van der Waals surface area contributed by atoms with E-state index < -0.39 is 28.1 Å². The van der Waals surface area contributed by atoms with E-state index in [-0.39, 0.29) is 30.5 Å². The van der Waals surface area contributed by atoms with Gasteiger partial charge in [-0.25, -0.2) is 13.4 Å². The number of para-hydroxylation sites is 1. The zero-order chi connectivity index (χ0) is 30.4. The van der Waals surface area contributed by atoms with Crippen LogP contribution < -0.4 is 10.1 Å². The van der Waals surface area contributed by atoms with Crippen LogP contribution in [0, 0.1) is 19.8 Å². The molecule has 1 amide bonds. The number of imidazole rings is 1. The van der Waals surface area contributed by atoms with Gasteiger partial charge in [-0.2, -0.15) is 4.31 Å². The van der Waals surface area contributed by atoms with Crippen molar-refractivity contribution in [3.8, 4) is 5.75 Å². The Morgan fingerprint density at radius 2 is 1.71 bits per heavy atom. The Morgan fingerprint density at radius 3 is 2.38 bits per heavy atom. The first kappa shape index (κ1) is 31.2. The molecule has 0 saturated carbocycles. The minimum atomic E-state index is -3.97. The van der Waals surface area contributed by atoms with Gasteiger partial charge >= 0.3 is 0 Å². The zero-order valence-electron chi connectivity index (χ0n) is 24.8. The quantitative estimate of drug-likeness (QED) is 0.243. The highest BCUT2D eigenvalue weighted by molar-refractivity contribution is 7.89. The lowest BCUT2D eigenvalue weighted by Gasteiger charge is -2.31. The lowest BCUT2D eigenvalue weighted by molar-refractivity contribution is -0.124. The number of amides is 1. The summed E-state index contributed by atoms with van der Waals surface area (Å²) in [5.41, 5.74) is 4.13. The van der Waals surface area contributed by atoms with Crippen LogP contribution in [0.15, 0.2) is 78.0 Å². The fourth-order valence-electron chi connectivity index (χ4n) is 4.99. The summed E-state index contributed by atoms with van der Waals surface area (Å²) in [7, 11) is -2.17. The van der Waals surface area contributed by atoms with E-state index in [4.69, 9.17) is 4.74 Å². The van der Waals surface area contributed by atoms with Crippen LogP contribution in [-0.4, -0.2) is 65.1 Å². The molecule has 4 rings (SSSR count). The number of aliphatic hydroxyl groups excluding tert-OH is 1. The van der Waals surface area contributed by atoms with E-state index in [2.05, 4.69) is 10.3 Å². The molecule has 9 nitrogen and oxygen atoms in total. The number of carbonyl (C=O) groups is 1. The summed E-state index contributed by atoms with van der Waals surface area (Å²) in [6.45, 7) is 7.45. The van der Waals surface area contributed by atoms with Crippen molar-refractivity contribution in [3.05, 3.63) is 89.7 Å². The molecule has 0 aliphatic rings. The van der Waals surface area contributed by atoms with Crippen LogP contribution in [0.1, 0.15) is 30.5 Å².